The minimum Gasteiger partial charge on any atom is -0.493 e. The van der Waals surface area contributed by atoms with E-state index < -0.39 is 0 Å². The summed E-state index contributed by atoms with van der Waals surface area (Å²) in [4.78, 5) is 0. The Morgan fingerprint density at radius 1 is 1.29 bits per heavy atom. The van der Waals surface area contributed by atoms with Crippen molar-refractivity contribution in [3.05, 3.63) is 35.4 Å². The van der Waals surface area contributed by atoms with E-state index in [1.807, 2.05) is 18.2 Å². The second-order valence-electron chi connectivity index (χ2n) is 2.88. The van der Waals surface area contributed by atoms with Gasteiger partial charge < -0.3 is 9.47 Å². The SMILES string of the molecule is C=C(Cl)Cc1ccc(OC)c(OC)c1. The van der Waals surface area contributed by atoms with Crippen LogP contribution in [0.15, 0.2) is 29.8 Å². The van der Waals surface area contributed by atoms with Crippen LogP contribution in [0.2, 0.25) is 0 Å². The number of halogens is 1. The topological polar surface area (TPSA) is 18.5 Å². The molecule has 0 aromatic heterocycles. The lowest BCUT2D eigenvalue weighted by Crippen LogP contribution is -1.92. The van der Waals surface area contributed by atoms with Crippen LogP contribution in [0.25, 0.3) is 0 Å². The van der Waals surface area contributed by atoms with E-state index in [1.54, 1.807) is 14.2 Å². The Hall–Kier alpha value is -1.15. The van der Waals surface area contributed by atoms with Gasteiger partial charge >= 0.3 is 0 Å². The van der Waals surface area contributed by atoms with Crippen molar-refractivity contribution >= 4 is 11.6 Å². The van der Waals surface area contributed by atoms with Gasteiger partial charge in [0.2, 0.25) is 0 Å². The maximum absolute atomic E-state index is 5.71. The summed E-state index contributed by atoms with van der Waals surface area (Å²) >= 11 is 5.71. The van der Waals surface area contributed by atoms with Gasteiger partial charge in [0.1, 0.15) is 0 Å². The third-order valence-corrected chi connectivity index (χ3v) is 1.98. The molecule has 1 rings (SSSR count). The quantitative estimate of drug-likeness (QED) is 0.764. The molecule has 0 spiro atoms. The van der Waals surface area contributed by atoms with Gasteiger partial charge in [0, 0.05) is 11.5 Å². The van der Waals surface area contributed by atoms with Crippen LogP contribution in [0, 0.1) is 0 Å². The largest absolute Gasteiger partial charge is 0.493 e. The van der Waals surface area contributed by atoms with Crippen LogP contribution in [-0.2, 0) is 6.42 Å². The van der Waals surface area contributed by atoms with Crippen molar-refractivity contribution in [3.63, 3.8) is 0 Å². The third kappa shape index (κ3) is 2.67. The monoisotopic (exact) mass is 212 g/mol. The molecule has 0 amide bonds. The zero-order valence-corrected chi connectivity index (χ0v) is 9.10. The van der Waals surface area contributed by atoms with Crippen LogP contribution in [0.4, 0.5) is 0 Å². The van der Waals surface area contributed by atoms with Crippen LogP contribution in [0.5, 0.6) is 11.5 Å². The molecule has 0 saturated heterocycles. The van der Waals surface area contributed by atoms with Gasteiger partial charge in [-0.2, -0.15) is 0 Å². The van der Waals surface area contributed by atoms with E-state index in [0.29, 0.717) is 17.2 Å². The fourth-order valence-electron chi connectivity index (χ4n) is 1.21. The van der Waals surface area contributed by atoms with Gasteiger partial charge in [0.15, 0.2) is 11.5 Å². The van der Waals surface area contributed by atoms with Crippen molar-refractivity contribution in [2.45, 2.75) is 6.42 Å². The average Bonchev–Trinajstić information content (AvgIpc) is 2.16. The van der Waals surface area contributed by atoms with Crippen molar-refractivity contribution in [3.8, 4) is 11.5 Å². The number of hydrogen-bond acceptors (Lipinski definition) is 2. The highest BCUT2D eigenvalue weighted by Gasteiger charge is 2.04. The summed E-state index contributed by atoms with van der Waals surface area (Å²) in [5.74, 6) is 1.43. The Labute approximate surface area is 89.1 Å². The van der Waals surface area contributed by atoms with E-state index >= 15 is 0 Å². The molecule has 1 aromatic carbocycles. The molecule has 2 nitrogen and oxygen atoms in total. The Balaban J connectivity index is 2.95. The second-order valence-corrected chi connectivity index (χ2v) is 3.42. The molecule has 0 unspecified atom stereocenters. The number of allylic oxidation sites excluding steroid dienone is 1. The molecule has 0 aliphatic rings. The highest BCUT2D eigenvalue weighted by Crippen LogP contribution is 2.28. The molecule has 0 N–H and O–H groups in total. The minimum atomic E-state index is 0.609. The van der Waals surface area contributed by atoms with E-state index in [1.165, 1.54) is 0 Å². The normalized spacial score (nSPS) is 9.64. The number of rotatable bonds is 4. The first-order valence-corrected chi connectivity index (χ1v) is 4.59. The van der Waals surface area contributed by atoms with Crippen molar-refractivity contribution in [2.75, 3.05) is 14.2 Å². The fourth-order valence-corrected chi connectivity index (χ4v) is 1.37. The first-order chi connectivity index (χ1) is 6.67. The molecular weight excluding hydrogens is 200 g/mol. The Morgan fingerprint density at radius 2 is 1.93 bits per heavy atom. The van der Waals surface area contributed by atoms with E-state index in [-0.39, 0.29) is 0 Å². The van der Waals surface area contributed by atoms with E-state index in [9.17, 15) is 0 Å². The van der Waals surface area contributed by atoms with Gasteiger partial charge in [-0.25, -0.2) is 0 Å². The maximum Gasteiger partial charge on any atom is 0.160 e. The van der Waals surface area contributed by atoms with Gasteiger partial charge in [0.05, 0.1) is 14.2 Å². The summed E-state index contributed by atoms with van der Waals surface area (Å²) in [7, 11) is 3.22. The summed E-state index contributed by atoms with van der Waals surface area (Å²) in [5.41, 5.74) is 1.06. The van der Waals surface area contributed by atoms with Crippen molar-refractivity contribution < 1.29 is 9.47 Å². The van der Waals surface area contributed by atoms with Crippen LogP contribution in [-0.4, -0.2) is 14.2 Å². The molecule has 0 radical (unpaired) electrons. The molecule has 14 heavy (non-hydrogen) atoms. The van der Waals surface area contributed by atoms with Gasteiger partial charge in [-0.05, 0) is 17.7 Å². The number of benzene rings is 1. The van der Waals surface area contributed by atoms with Crippen LogP contribution in [0.1, 0.15) is 5.56 Å². The first kappa shape index (κ1) is 10.9. The molecule has 3 heteroatoms. The molecule has 0 fully saturated rings. The molecule has 0 aliphatic carbocycles. The summed E-state index contributed by atoms with van der Waals surface area (Å²) in [5, 5.41) is 0.609. The number of hydrogen-bond donors (Lipinski definition) is 0. The van der Waals surface area contributed by atoms with Gasteiger partial charge in [-0.1, -0.05) is 24.2 Å². The fraction of sp³-hybridized carbons (Fsp3) is 0.273. The second kappa shape index (κ2) is 4.91. The molecule has 0 atom stereocenters. The molecular formula is C11H13ClO2. The van der Waals surface area contributed by atoms with Crippen molar-refractivity contribution in [2.24, 2.45) is 0 Å². The maximum atomic E-state index is 5.71. The molecule has 76 valence electrons. The summed E-state index contributed by atoms with van der Waals surface area (Å²) in [6, 6.07) is 5.69. The van der Waals surface area contributed by atoms with E-state index in [4.69, 9.17) is 21.1 Å². The lowest BCUT2D eigenvalue weighted by molar-refractivity contribution is 0.354. The van der Waals surface area contributed by atoms with Crippen molar-refractivity contribution in [1.29, 1.82) is 0 Å². The lowest BCUT2D eigenvalue weighted by Gasteiger charge is -2.08. The number of ether oxygens (including phenoxy) is 2. The third-order valence-electron chi connectivity index (χ3n) is 1.84. The zero-order valence-electron chi connectivity index (χ0n) is 8.34. The Bertz CT molecular complexity index is 334. The van der Waals surface area contributed by atoms with Crippen LogP contribution >= 0.6 is 11.6 Å². The molecule has 0 heterocycles. The smallest absolute Gasteiger partial charge is 0.160 e. The average molecular weight is 213 g/mol. The molecule has 0 saturated carbocycles. The predicted octanol–water partition coefficient (Wildman–Crippen LogP) is 3.00. The van der Waals surface area contributed by atoms with Crippen LogP contribution in [0.3, 0.4) is 0 Å². The number of methoxy groups -OCH3 is 2. The van der Waals surface area contributed by atoms with Gasteiger partial charge in [-0.15, -0.1) is 0 Å². The standard InChI is InChI=1S/C11H13ClO2/c1-8(12)6-9-4-5-10(13-2)11(7-9)14-3/h4-5,7H,1,6H2,2-3H3. The Morgan fingerprint density at radius 3 is 2.43 bits per heavy atom. The molecule has 0 bridgehead atoms. The van der Waals surface area contributed by atoms with Crippen molar-refractivity contribution in [1.82, 2.24) is 0 Å². The minimum absolute atomic E-state index is 0.609. The molecule has 1 aromatic rings. The Kier molecular flexibility index (Phi) is 3.84. The van der Waals surface area contributed by atoms with E-state index in [2.05, 4.69) is 6.58 Å². The summed E-state index contributed by atoms with van der Waals surface area (Å²) in [6.45, 7) is 3.64. The van der Waals surface area contributed by atoms with Crippen LogP contribution < -0.4 is 9.47 Å². The highest BCUT2D eigenvalue weighted by molar-refractivity contribution is 6.29. The van der Waals surface area contributed by atoms with Gasteiger partial charge in [0.25, 0.3) is 0 Å². The first-order valence-electron chi connectivity index (χ1n) is 4.21. The highest BCUT2D eigenvalue weighted by atomic mass is 35.5. The van der Waals surface area contributed by atoms with E-state index in [0.717, 1.165) is 11.3 Å². The predicted molar refractivity (Wildman–Crippen MR) is 58.2 cm³/mol. The summed E-state index contributed by atoms with van der Waals surface area (Å²) in [6.07, 6.45) is 0.641. The van der Waals surface area contributed by atoms with Gasteiger partial charge in [-0.3, -0.25) is 0 Å². The lowest BCUT2D eigenvalue weighted by atomic mass is 10.1. The zero-order chi connectivity index (χ0) is 10.6. The molecule has 0 aliphatic heterocycles. The summed E-state index contributed by atoms with van der Waals surface area (Å²) < 4.78 is 10.3.